The number of carbonyl (C=O) groups excluding carboxylic acids is 2. The zero-order valence-corrected chi connectivity index (χ0v) is 17.4. The molecule has 0 spiro atoms. The van der Waals surface area contributed by atoms with Crippen molar-refractivity contribution >= 4 is 18.0 Å². The molecule has 160 valence electrons. The van der Waals surface area contributed by atoms with Crippen LogP contribution in [0.25, 0.3) is 0 Å². The molecule has 2 aromatic rings. The summed E-state index contributed by atoms with van der Waals surface area (Å²) in [5.41, 5.74) is 3.53. The molecule has 30 heavy (non-hydrogen) atoms. The van der Waals surface area contributed by atoms with E-state index >= 15 is 0 Å². The van der Waals surface area contributed by atoms with Crippen LogP contribution in [0, 0.1) is 0 Å². The monoisotopic (exact) mass is 413 g/mol. The van der Waals surface area contributed by atoms with Gasteiger partial charge in [0.25, 0.3) is 11.8 Å². The first-order valence-corrected chi connectivity index (χ1v) is 9.62. The molecule has 0 bridgehead atoms. The molecule has 0 atom stereocenters. The van der Waals surface area contributed by atoms with E-state index in [9.17, 15) is 9.59 Å². The maximum atomic E-state index is 12.2. The van der Waals surface area contributed by atoms with E-state index in [0.717, 1.165) is 18.4 Å². The molecule has 0 saturated carbocycles. The lowest BCUT2D eigenvalue weighted by atomic mass is 10.2. The highest BCUT2D eigenvalue weighted by atomic mass is 16.5. The van der Waals surface area contributed by atoms with E-state index in [0.29, 0.717) is 29.4 Å². The van der Waals surface area contributed by atoms with Gasteiger partial charge in [0.05, 0.1) is 33.6 Å². The van der Waals surface area contributed by atoms with Gasteiger partial charge in [-0.2, -0.15) is 5.10 Å². The van der Waals surface area contributed by atoms with Crippen LogP contribution in [0.3, 0.4) is 0 Å². The van der Waals surface area contributed by atoms with Crippen molar-refractivity contribution in [1.82, 2.24) is 10.7 Å². The Hall–Kier alpha value is -3.55. The van der Waals surface area contributed by atoms with Crippen LogP contribution < -0.4 is 25.0 Å². The highest BCUT2D eigenvalue weighted by Crippen LogP contribution is 2.26. The SMILES string of the molecule is CCCCOc1ccc(C(=O)NCC(=O)N/N=C\c2ccc(OC)c(OC)c2)cc1. The number of hydrogen-bond donors (Lipinski definition) is 2. The van der Waals surface area contributed by atoms with Crippen LogP contribution in [0.1, 0.15) is 35.7 Å². The van der Waals surface area contributed by atoms with Gasteiger partial charge in [-0.3, -0.25) is 9.59 Å². The Morgan fingerprint density at radius 2 is 1.77 bits per heavy atom. The summed E-state index contributed by atoms with van der Waals surface area (Å²) in [4.78, 5) is 24.0. The highest BCUT2D eigenvalue weighted by molar-refractivity contribution is 5.96. The largest absolute Gasteiger partial charge is 0.494 e. The van der Waals surface area contributed by atoms with E-state index in [1.807, 2.05) is 0 Å². The average Bonchev–Trinajstić information content (AvgIpc) is 2.78. The predicted octanol–water partition coefficient (Wildman–Crippen LogP) is 2.76. The van der Waals surface area contributed by atoms with Crippen molar-refractivity contribution in [2.75, 3.05) is 27.4 Å². The Morgan fingerprint density at radius 1 is 1.03 bits per heavy atom. The van der Waals surface area contributed by atoms with Crippen LogP contribution in [0.4, 0.5) is 0 Å². The lowest BCUT2D eigenvalue weighted by molar-refractivity contribution is -0.120. The van der Waals surface area contributed by atoms with Gasteiger partial charge in [0.15, 0.2) is 11.5 Å². The predicted molar refractivity (Wildman–Crippen MR) is 114 cm³/mol. The topological polar surface area (TPSA) is 98.2 Å². The molecule has 0 aromatic heterocycles. The fraction of sp³-hybridized carbons (Fsp3) is 0.318. The lowest BCUT2D eigenvalue weighted by Gasteiger charge is -2.08. The van der Waals surface area contributed by atoms with E-state index in [1.54, 1.807) is 49.6 Å². The summed E-state index contributed by atoms with van der Waals surface area (Å²) in [5.74, 6) is 1.07. The average molecular weight is 413 g/mol. The molecular weight excluding hydrogens is 386 g/mol. The molecule has 0 fully saturated rings. The molecule has 2 rings (SSSR count). The second-order valence-electron chi connectivity index (χ2n) is 6.32. The minimum absolute atomic E-state index is 0.198. The lowest BCUT2D eigenvalue weighted by Crippen LogP contribution is -2.34. The van der Waals surface area contributed by atoms with E-state index in [2.05, 4.69) is 22.8 Å². The molecule has 0 heterocycles. The quantitative estimate of drug-likeness (QED) is 0.335. The summed E-state index contributed by atoms with van der Waals surface area (Å²) in [6.07, 6.45) is 3.51. The molecule has 0 aliphatic heterocycles. The number of nitrogens with zero attached hydrogens (tertiary/aromatic N) is 1. The second-order valence-corrected chi connectivity index (χ2v) is 6.32. The van der Waals surface area contributed by atoms with Gasteiger partial charge in [0.2, 0.25) is 0 Å². The van der Waals surface area contributed by atoms with Crippen LogP contribution in [-0.2, 0) is 4.79 Å². The standard InChI is InChI=1S/C22H27N3O5/c1-4-5-12-30-18-9-7-17(8-10-18)22(27)23-15-21(26)25-24-14-16-6-11-19(28-2)20(13-16)29-3/h6-11,13-14H,4-5,12,15H2,1-3H3,(H,23,27)(H,25,26)/b24-14-. The van der Waals surface area contributed by atoms with E-state index in [-0.39, 0.29) is 12.5 Å². The molecule has 0 unspecified atom stereocenters. The molecule has 2 amide bonds. The van der Waals surface area contributed by atoms with Crippen molar-refractivity contribution in [1.29, 1.82) is 0 Å². The Balaban J connectivity index is 1.78. The summed E-state index contributed by atoms with van der Waals surface area (Å²) in [6, 6.07) is 12.0. The number of rotatable bonds is 11. The maximum Gasteiger partial charge on any atom is 0.259 e. The molecule has 0 aliphatic carbocycles. The first-order valence-electron chi connectivity index (χ1n) is 9.62. The van der Waals surface area contributed by atoms with Gasteiger partial charge in [-0.05, 0) is 54.4 Å². The number of hydrogen-bond acceptors (Lipinski definition) is 6. The van der Waals surface area contributed by atoms with Crippen LogP contribution in [0.15, 0.2) is 47.6 Å². The number of methoxy groups -OCH3 is 2. The molecule has 0 saturated heterocycles. The fourth-order valence-corrected chi connectivity index (χ4v) is 2.45. The van der Waals surface area contributed by atoms with E-state index in [1.165, 1.54) is 13.3 Å². The second kappa shape index (κ2) is 12.1. The summed E-state index contributed by atoms with van der Waals surface area (Å²) in [6.45, 7) is 2.54. The molecule has 0 aliphatic rings. The number of nitrogens with one attached hydrogen (secondary N) is 2. The van der Waals surface area contributed by atoms with Crippen molar-refractivity contribution in [3.63, 3.8) is 0 Å². The molecule has 2 N–H and O–H groups in total. The van der Waals surface area contributed by atoms with Crippen LogP contribution in [0.2, 0.25) is 0 Å². The molecule has 8 nitrogen and oxygen atoms in total. The van der Waals surface area contributed by atoms with Crippen molar-refractivity contribution in [2.45, 2.75) is 19.8 Å². The summed E-state index contributed by atoms with van der Waals surface area (Å²) >= 11 is 0. The number of unbranched alkanes of at least 4 members (excludes halogenated alkanes) is 1. The summed E-state index contributed by atoms with van der Waals surface area (Å²) in [7, 11) is 3.09. The maximum absolute atomic E-state index is 12.2. The Labute approximate surface area is 176 Å². The van der Waals surface area contributed by atoms with Crippen molar-refractivity contribution in [3.05, 3.63) is 53.6 Å². The number of amides is 2. The Bertz CT molecular complexity index is 866. The van der Waals surface area contributed by atoms with Crippen LogP contribution in [0.5, 0.6) is 17.2 Å². The summed E-state index contributed by atoms with van der Waals surface area (Å²) in [5, 5.41) is 6.43. The first-order chi connectivity index (χ1) is 14.6. The number of hydrazone groups is 1. The molecular formula is C22H27N3O5. The third kappa shape index (κ3) is 7.12. The van der Waals surface area contributed by atoms with Crippen molar-refractivity contribution < 1.29 is 23.8 Å². The fourth-order valence-electron chi connectivity index (χ4n) is 2.45. The van der Waals surface area contributed by atoms with Gasteiger partial charge in [0.1, 0.15) is 5.75 Å². The molecule has 2 aromatic carbocycles. The molecule has 8 heteroatoms. The van der Waals surface area contributed by atoms with E-state index in [4.69, 9.17) is 14.2 Å². The van der Waals surface area contributed by atoms with E-state index < -0.39 is 5.91 Å². The third-order valence-electron chi connectivity index (χ3n) is 4.10. The van der Waals surface area contributed by atoms with Gasteiger partial charge >= 0.3 is 0 Å². The zero-order chi connectivity index (χ0) is 21.8. The van der Waals surface area contributed by atoms with Gasteiger partial charge in [-0.1, -0.05) is 13.3 Å². The van der Waals surface area contributed by atoms with Gasteiger partial charge in [-0.25, -0.2) is 5.43 Å². The minimum atomic E-state index is -0.445. The third-order valence-corrected chi connectivity index (χ3v) is 4.10. The smallest absolute Gasteiger partial charge is 0.259 e. The van der Waals surface area contributed by atoms with Crippen LogP contribution >= 0.6 is 0 Å². The van der Waals surface area contributed by atoms with Crippen molar-refractivity contribution in [2.24, 2.45) is 5.10 Å². The Morgan fingerprint density at radius 3 is 2.43 bits per heavy atom. The van der Waals surface area contributed by atoms with Gasteiger partial charge in [0, 0.05) is 5.56 Å². The van der Waals surface area contributed by atoms with Gasteiger partial charge in [-0.15, -0.1) is 0 Å². The number of carbonyl (C=O) groups is 2. The normalized spacial score (nSPS) is 10.5. The number of benzene rings is 2. The van der Waals surface area contributed by atoms with Gasteiger partial charge < -0.3 is 19.5 Å². The molecule has 0 radical (unpaired) electrons. The van der Waals surface area contributed by atoms with Crippen LogP contribution in [-0.4, -0.2) is 45.4 Å². The Kier molecular flexibility index (Phi) is 9.18. The van der Waals surface area contributed by atoms with Crippen molar-refractivity contribution in [3.8, 4) is 17.2 Å². The zero-order valence-electron chi connectivity index (χ0n) is 17.4. The highest BCUT2D eigenvalue weighted by Gasteiger charge is 2.08. The minimum Gasteiger partial charge on any atom is -0.494 e. The first kappa shape index (κ1) is 22.7. The number of ether oxygens (including phenoxy) is 3. The summed E-state index contributed by atoms with van der Waals surface area (Å²) < 4.78 is 15.9.